The van der Waals surface area contributed by atoms with Crippen molar-refractivity contribution >= 4 is 23.3 Å². The van der Waals surface area contributed by atoms with Crippen molar-refractivity contribution in [3.05, 3.63) is 21.4 Å². The molecule has 3 heterocycles. The predicted octanol–water partition coefficient (Wildman–Crippen LogP) is 2.69. The van der Waals surface area contributed by atoms with Gasteiger partial charge < -0.3 is 14.3 Å². The van der Waals surface area contributed by atoms with Gasteiger partial charge in [0, 0.05) is 33.6 Å². The summed E-state index contributed by atoms with van der Waals surface area (Å²) in [6, 6.07) is 0.547. The van der Waals surface area contributed by atoms with Crippen LogP contribution in [0.4, 0.5) is 6.01 Å². The molecule has 0 aromatic carbocycles. The van der Waals surface area contributed by atoms with E-state index in [0.29, 0.717) is 11.9 Å². The number of aryl methyl sites for hydroxylation is 3. The largest absolute Gasteiger partial charge is 0.338 e. The van der Waals surface area contributed by atoms with Gasteiger partial charge in [-0.25, -0.2) is 4.98 Å². The van der Waals surface area contributed by atoms with Crippen molar-refractivity contribution in [3.8, 4) is 0 Å². The zero-order chi connectivity index (χ0) is 18.0. The summed E-state index contributed by atoms with van der Waals surface area (Å²) < 4.78 is 5.18. The number of thiazole rings is 1. The zero-order valence-corrected chi connectivity index (χ0v) is 16.1. The van der Waals surface area contributed by atoms with Crippen LogP contribution in [0.3, 0.4) is 0 Å². The molecule has 2 aromatic rings. The lowest BCUT2D eigenvalue weighted by molar-refractivity contribution is 0.0690. The van der Waals surface area contributed by atoms with E-state index in [9.17, 15) is 4.79 Å². The molecule has 0 bridgehead atoms. The minimum absolute atomic E-state index is 0.135. The topological polar surface area (TPSA) is 75.4 Å². The van der Waals surface area contributed by atoms with Gasteiger partial charge in [0.25, 0.3) is 5.91 Å². The van der Waals surface area contributed by atoms with Crippen LogP contribution in [0.25, 0.3) is 0 Å². The fraction of sp³-hybridized carbons (Fsp3) is 0.647. The summed E-state index contributed by atoms with van der Waals surface area (Å²) in [6.45, 7) is 5.49. The summed E-state index contributed by atoms with van der Waals surface area (Å²) in [4.78, 5) is 25.9. The molecule has 0 radical (unpaired) electrons. The highest BCUT2D eigenvalue weighted by atomic mass is 32.1. The molecular formula is C17H25N5O2S. The quantitative estimate of drug-likeness (QED) is 0.813. The molecule has 1 aliphatic heterocycles. The fourth-order valence-corrected chi connectivity index (χ4v) is 4.05. The average Bonchev–Trinajstić information content (AvgIpc) is 3.19. The maximum Gasteiger partial charge on any atom is 0.323 e. The van der Waals surface area contributed by atoms with Crippen LogP contribution in [0, 0.1) is 19.8 Å². The van der Waals surface area contributed by atoms with Gasteiger partial charge in [-0.1, -0.05) is 5.16 Å². The normalized spacial score (nSPS) is 15.6. The van der Waals surface area contributed by atoms with Crippen molar-refractivity contribution in [1.82, 2.24) is 20.0 Å². The number of nitrogens with zero attached hydrogens (tertiary/aromatic N) is 5. The van der Waals surface area contributed by atoms with E-state index < -0.39 is 0 Å². The SMILES string of the molecule is Cc1nc(C)c(C(=O)N2CCC(CCc3noc(N(C)C)n3)CC2)s1. The van der Waals surface area contributed by atoms with Gasteiger partial charge in [-0.05, 0) is 39.0 Å². The monoisotopic (exact) mass is 363 g/mol. The van der Waals surface area contributed by atoms with Crippen LogP contribution in [0.2, 0.25) is 0 Å². The van der Waals surface area contributed by atoms with Crippen molar-refractivity contribution in [1.29, 1.82) is 0 Å². The Kier molecular flexibility index (Phi) is 5.36. The van der Waals surface area contributed by atoms with E-state index in [2.05, 4.69) is 15.1 Å². The summed E-state index contributed by atoms with van der Waals surface area (Å²) in [5.74, 6) is 1.50. The molecule has 0 saturated carbocycles. The van der Waals surface area contributed by atoms with E-state index in [4.69, 9.17) is 4.52 Å². The molecule has 136 valence electrons. The van der Waals surface area contributed by atoms with Crippen LogP contribution in [0.1, 0.15) is 45.5 Å². The maximum absolute atomic E-state index is 12.6. The van der Waals surface area contributed by atoms with Gasteiger partial charge >= 0.3 is 6.01 Å². The Labute approximate surface area is 152 Å². The fourth-order valence-electron chi connectivity index (χ4n) is 3.16. The first-order valence-electron chi connectivity index (χ1n) is 8.67. The number of hydrogen-bond donors (Lipinski definition) is 0. The lowest BCUT2D eigenvalue weighted by Gasteiger charge is -2.31. The second-order valence-corrected chi connectivity index (χ2v) is 8.01. The molecule has 25 heavy (non-hydrogen) atoms. The van der Waals surface area contributed by atoms with E-state index in [1.165, 1.54) is 11.3 Å². The van der Waals surface area contributed by atoms with Gasteiger partial charge in [0.15, 0.2) is 5.82 Å². The Morgan fingerprint density at radius 3 is 2.56 bits per heavy atom. The van der Waals surface area contributed by atoms with Crippen LogP contribution in [0.15, 0.2) is 4.52 Å². The number of aromatic nitrogens is 3. The minimum atomic E-state index is 0.135. The molecular weight excluding hydrogens is 338 g/mol. The lowest BCUT2D eigenvalue weighted by atomic mass is 9.92. The van der Waals surface area contributed by atoms with Crippen molar-refractivity contribution in [2.24, 2.45) is 5.92 Å². The van der Waals surface area contributed by atoms with Gasteiger partial charge in [-0.3, -0.25) is 4.79 Å². The Morgan fingerprint density at radius 1 is 1.28 bits per heavy atom. The molecule has 1 amide bonds. The number of likely N-dealkylation sites (tertiary alicyclic amines) is 1. The number of carbonyl (C=O) groups excluding carboxylic acids is 1. The minimum Gasteiger partial charge on any atom is -0.338 e. The van der Waals surface area contributed by atoms with Crippen LogP contribution in [-0.2, 0) is 6.42 Å². The Hall–Kier alpha value is -1.96. The highest BCUT2D eigenvalue weighted by Crippen LogP contribution is 2.26. The zero-order valence-electron chi connectivity index (χ0n) is 15.3. The molecule has 1 saturated heterocycles. The Balaban J connectivity index is 1.48. The number of piperidine rings is 1. The Bertz CT molecular complexity index is 731. The third-order valence-corrected chi connectivity index (χ3v) is 5.68. The van der Waals surface area contributed by atoms with Gasteiger partial charge in [-0.15, -0.1) is 11.3 Å². The summed E-state index contributed by atoms with van der Waals surface area (Å²) in [5.41, 5.74) is 0.850. The first-order valence-corrected chi connectivity index (χ1v) is 9.49. The molecule has 0 unspecified atom stereocenters. The molecule has 2 aromatic heterocycles. The maximum atomic E-state index is 12.6. The molecule has 0 spiro atoms. The highest BCUT2D eigenvalue weighted by Gasteiger charge is 2.26. The van der Waals surface area contributed by atoms with Gasteiger partial charge in [0.2, 0.25) is 0 Å². The summed E-state index contributed by atoms with van der Waals surface area (Å²) in [7, 11) is 3.77. The van der Waals surface area contributed by atoms with Crippen LogP contribution in [0.5, 0.6) is 0 Å². The number of carbonyl (C=O) groups is 1. The molecule has 1 fully saturated rings. The third kappa shape index (κ3) is 4.18. The van der Waals surface area contributed by atoms with E-state index in [-0.39, 0.29) is 5.91 Å². The number of rotatable bonds is 5. The number of amides is 1. The van der Waals surface area contributed by atoms with E-state index in [0.717, 1.165) is 60.2 Å². The standard InChI is InChI=1S/C17H25N5O2S/c1-11-15(25-12(2)18-11)16(23)22-9-7-13(8-10-22)5-6-14-19-17(21(3)4)24-20-14/h13H,5-10H2,1-4H3. The molecule has 1 aliphatic rings. The number of anilines is 1. The molecule has 0 aliphatic carbocycles. The predicted molar refractivity (Wildman–Crippen MR) is 97.2 cm³/mol. The van der Waals surface area contributed by atoms with Gasteiger partial charge in [0.1, 0.15) is 4.88 Å². The summed E-state index contributed by atoms with van der Waals surface area (Å²) in [5, 5.41) is 4.97. The van der Waals surface area contributed by atoms with Crippen LogP contribution < -0.4 is 4.90 Å². The smallest absolute Gasteiger partial charge is 0.323 e. The van der Waals surface area contributed by atoms with Crippen molar-refractivity contribution < 1.29 is 9.32 Å². The van der Waals surface area contributed by atoms with E-state index in [1.807, 2.05) is 37.7 Å². The van der Waals surface area contributed by atoms with Gasteiger partial charge in [0.05, 0.1) is 10.7 Å². The lowest BCUT2D eigenvalue weighted by Crippen LogP contribution is -2.38. The second kappa shape index (κ2) is 7.51. The molecule has 0 atom stereocenters. The van der Waals surface area contributed by atoms with Crippen molar-refractivity contribution in [3.63, 3.8) is 0 Å². The van der Waals surface area contributed by atoms with Crippen molar-refractivity contribution in [2.75, 3.05) is 32.1 Å². The van der Waals surface area contributed by atoms with Gasteiger partial charge in [-0.2, -0.15) is 4.98 Å². The Morgan fingerprint density at radius 2 is 2.00 bits per heavy atom. The first-order chi connectivity index (χ1) is 11.9. The second-order valence-electron chi connectivity index (χ2n) is 6.81. The third-order valence-electron chi connectivity index (χ3n) is 4.62. The van der Waals surface area contributed by atoms with Crippen molar-refractivity contribution in [2.45, 2.75) is 39.5 Å². The number of hydrogen-bond acceptors (Lipinski definition) is 7. The van der Waals surface area contributed by atoms with E-state index in [1.54, 1.807) is 0 Å². The molecule has 8 heteroatoms. The highest BCUT2D eigenvalue weighted by molar-refractivity contribution is 7.13. The average molecular weight is 363 g/mol. The van der Waals surface area contributed by atoms with Crippen LogP contribution >= 0.6 is 11.3 Å². The molecule has 3 rings (SSSR count). The van der Waals surface area contributed by atoms with E-state index >= 15 is 0 Å². The summed E-state index contributed by atoms with van der Waals surface area (Å²) in [6.07, 6.45) is 3.91. The van der Waals surface area contributed by atoms with Crippen LogP contribution in [-0.4, -0.2) is 53.1 Å². The molecule has 7 nitrogen and oxygen atoms in total. The summed E-state index contributed by atoms with van der Waals surface area (Å²) >= 11 is 1.50. The molecule has 0 N–H and O–H groups in total. The first kappa shape index (κ1) is 17.8.